The fourth-order valence-corrected chi connectivity index (χ4v) is 2.38. The molecule has 2 amide bonds. The van der Waals surface area contributed by atoms with Crippen LogP contribution >= 0.6 is 0 Å². The third kappa shape index (κ3) is 2.63. The van der Waals surface area contributed by atoms with Crippen LogP contribution in [-0.4, -0.2) is 48.8 Å². The third-order valence-corrected chi connectivity index (χ3v) is 3.51. The number of hydrogen-bond donors (Lipinski definition) is 0. The molecule has 0 heterocycles. The zero-order valence-corrected chi connectivity index (χ0v) is 11.6. The largest absolute Gasteiger partial charge is 0.347 e. The number of rotatable bonds is 4. The van der Waals surface area contributed by atoms with Gasteiger partial charge in [-0.25, -0.2) is 0 Å². The number of nitrogens with zero attached hydrogens (tertiary/aromatic N) is 3. The van der Waals surface area contributed by atoms with Gasteiger partial charge in [-0.05, 0) is 25.7 Å². The Hall–Kier alpha value is -1.57. The van der Waals surface area contributed by atoms with E-state index in [9.17, 15) is 14.9 Å². The van der Waals surface area contributed by atoms with Gasteiger partial charge in [0.25, 0.3) is 0 Å². The lowest BCUT2D eigenvalue weighted by Crippen LogP contribution is -2.52. The molecule has 0 N–H and O–H groups in total. The molecule has 0 aliphatic heterocycles. The van der Waals surface area contributed by atoms with Crippen LogP contribution in [0.5, 0.6) is 0 Å². The van der Waals surface area contributed by atoms with Gasteiger partial charge >= 0.3 is 0 Å². The molecule has 100 valence electrons. The summed E-state index contributed by atoms with van der Waals surface area (Å²) in [7, 11) is 3.32. The summed E-state index contributed by atoms with van der Waals surface area (Å²) < 4.78 is 0. The molecule has 1 rings (SSSR count). The van der Waals surface area contributed by atoms with Crippen LogP contribution < -0.4 is 0 Å². The minimum atomic E-state index is -0.887. The lowest BCUT2D eigenvalue weighted by atomic mass is 9.62. The molecule has 1 saturated carbocycles. The van der Waals surface area contributed by atoms with Crippen molar-refractivity contribution in [2.75, 3.05) is 27.2 Å². The predicted octanol–water partition coefficient (Wildman–Crippen LogP) is 0.863. The van der Waals surface area contributed by atoms with Gasteiger partial charge < -0.3 is 9.80 Å². The molecular formula is C13H21N3O2. The van der Waals surface area contributed by atoms with Gasteiger partial charge in [0.2, 0.25) is 11.8 Å². The van der Waals surface area contributed by atoms with Gasteiger partial charge in [0, 0.05) is 20.6 Å². The maximum Gasteiger partial charge on any atom is 0.243 e. The van der Waals surface area contributed by atoms with E-state index in [-0.39, 0.29) is 18.4 Å². The minimum Gasteiger partial charge on any atom is -0.347 e. The highest BCUT2D eigenvalue weighted by atomic mass is 16.2. The number of hydrogen-bond acceptors (Lipinski definition) is 3. The number of likely N-dealkylation sites (N-methyl/N-ethyl adjacent to an activating group) is 2. The van der Waals surface area contributed by atoms with E-state index >= 15 is 0 Å². The fourth-order valence-electron chi connectivity index (χ4n) is 2.38. The van der Waals surface area contributed by atoms with Crippen LogP contribution in [-0.2, 0) is 9.59 Å². The molecule has 0 atom stereocenters. The second-order valence-electron chi connectivity index (χ2n) is 5.31. The van der Waals surface area contributed by atoms with Gasteiger partial charge in [-0.2, -0.15) is 5.26 Å². The molecule has 0 unspecified atom stereocenters. The third-order valence-electron chi connectivity index (χ3n) is 3.51. The molecule has 0 radical (unpaired) electrons. The molecule has 0 aromatic carbocycles. The van der Waals surface area contributed by atoms with Gasteiger partial charge in [0.15, 0.2) is 0 Å². The zero-order chi connectivity index (χ0) is 13.9. The molecule has 0 aromatic rings. The second-order valence-corrected chi connectivity index (χ2v) is 5.31. The van der Waals surface area contributed by atoms with Gasteiger partial charge in [-0.1, -0.05) is 6.92 Å². The van der Waals surface area contributed by atoms with Crippen LogP contribution in [0.1, 0.15) is 26.7 Å². The number of carbonyl (C=O) groups excluding carboxylic acids is 2. The first-order valence-electron chi connectivity index (χ1n) is 6.27. The highest BCUT2D eigenvalue weighted by molar-refractivity contribution is 5.90. The monoisotopic (exact) mass is 251 g/mol. The average Bonchev–Trinajstić information content (AvgIpc) is 2.30. The molecule has 18 heavy (non-hydrogen) atoms. The Bertz CT molecular complexity index is 378. The highest BCUT2D eigenvalue weighted by Crippen LogP contribution is 2.46. The maximum atomic E-state index is 12.3. The van der Waals surface area contributed by atoms with Gasteiger partial charge in [-0.15, -0.1) is 0 Å². The van der Waals surface area contributed by atoms with E-state index in [1.165, 1.54) is 9.80 Å². The number of amides is 2. The van der Waals surface area contributed by atoms with E-state index < -0.39 is 5.41 Å². The van der Waals surface area contributed by atoms with Crippen LogP contribution in [0.2, 0.25) is 0 Å². The summed E-state index contributed by atoms with van der Waals surface area (Å²) in [6.07, 6.45) is 1.21. The van der Waals surface area contributed by atoms with Crippen LogP contribution in [0, 0.1) is 22.7 Å². The van der Waals surface area contributed by atoms with Crippen LogP contribution in [0.3, 0.4) is 0 Å². The lowest BCUT2D eigenvalue weighted by molar-refractivity contribution is -0.149. The van der Waals surface area contributed by atoms with Crippen LogP contribution in [0.4, 0.5) is 0 Å². The van der Waals surface area contributed by atoms with Crippen LogP contribution in [0.15, 0.2) is 0 Å². The SMILES string of the molecule is CCN(CC(=O)N(C)C)C(=O)C1(C#N)CC(C)C1. The lowest BCUT2D eigenvalue weighted by Gasteiger charge is -2.42. The average molecular weight is 251 g/mol. The Morgan fingerprint density at radius 2 is 1.94 bits per heavy atom. The maximum absolute atomic E-state index is 12.3. The summed E-state index contributed by atoms with van der Waals surface area (Å²) >= 11 is 0. The van der Waals surface area contributed by atoms with Crippen molar-refractivity contribution >= 4 is 11.8 Å². The van der Waals surface area contributed by atoms with E-state index in [4.69, 9.17) is 0 Å². The number of carbonyl (C=O) groups is 2. The van der Waals surface area contributed by atoms with Gasteiger partial charge in [0.05, 0.1) is 12.6 Å². The summed E-state index contributed by atoms with van der Waals surface area (Å²) in [5, 5.41) is 9.22. The molecule has 1 aliphatic carbocycles. The molecule has 0 spiro atoms. The van der Waals surface area contributed by atoms with Crippen molar-refractivity contribution < 1.29 is 9.59 Å². The van der Waals surface area contributed by atoms with Crippen molar-refractivity contribution in [3.8, 4) is 6.07 Å². The molecule has 0 aromatic heterocycles. The van der Waals surface area contributed by atoms with E-state index in [1.54, 1.807) is 14.1 Å². The van der Waals surface area contributed by atoms with E-state index in [2.05, 4.69) is 6.07 Å². The molecule has 0 saturated heterocycles. The normalized spacial score (nSPS) is 25.8. The Balaban J connectivity index is 2.74. The molecular weight excluding hydrogens is 230 g/mol. The standard InChI is InChI=1S/C13H21N3O2/c1-5-16(8-11(17)15(3)4)12(18)13(9-14)6-10(2)7-13/h10H,5-8H2,1-4H3. The molecule has 5 nitrogen and oxygen atoms in total. The first-order chi connectivity index (χ1) is 8.36. The smallest absolute Gasteiger partial charge is 0.243 e. The molecule has 5 heteroatoms. The van der Waals surface area contributed by atoms with Gasteiger partial charge in [0.1, 0.15) is 5.41 Å². The van der Waals surface area contributed by atoms with Crippen molar-refractivity contribution in [3.05, 3.63) is 0 Å². The second kappa shape index (κ2) is 5.38. The molecule has 1 fully saturated rings. The first-order valence-corrected chi connectivity index (χ1v) is 6.27. The van der Waals surface area contributed by atoms with Crippen molar-refractivity contribution in [1.29, 1.82) is 5.26 Å². The van der Waals surface area contributed by atoms with E-state index in [0.29, 0.717) is 25.3 Å². The quantitative estimate of drug-likeness (QED) is 0.744. The van der Waals surface area contributed by atoms with Crippen molar-refractivity contribution in [1.82, 2.24) is 9.80 Å². The molecule has 0 bridgehead atoms. The van der Waals surface area contributed by atoms with Crippen molar-refractivity contribution in [2.24, 2.45) is 11.3 Å². The molecule has 1 aliphatic rings. The Morgan fingerprint density at radius 3 is 2.28 bits per heavy atom. The summed E-state index contributed by atoms with van der Waals surface area (Å²) in [6.45, 7) is 4.37. The van der Waals surface area contributed by atoms with E-state index in [1.807, 2.05) is 13.8 Å². The van der Waals surface area contributed by atoms with Gasteiger partial charge in [-0.3, -0.25) is 9.59 Å². The van der Waals surface area contributed by atoms with Crippen LogP contribution in [0.25, 0.3) is 0 Å². The Morgan fingerprint density at radius 1 is 1.39 bits per heavy atom. The van der Waals surface area contributed by atoms with Crippen molar-refractivity contribution in [3.63, 3.8) is 0 Å². The minimum absolute atomic E-state index is 0.0557. The summed E-state index contributed by atoms with van der Waals surface area (Å²) in [6, 6.07) is 2.15. The van der Waals surface area contributed by atoms with E-state index in [0.717, 1.165) is 0 Å². The summed E-state index contributed by atoms with van der Waals surface area (Å²) in [5.41, 5.74) is -0.887. The Kier molecular flexibility index (Phi) is 4.33. The predicted molar refractivity (Wildman–Crippen MR) is 67.4 cm³/mol. The Labute approximate surface area is 108 Å². The fraction of sp³-hybridized carbons (Fsp3) is 0.769. The highest BCUT2D eigenvalue weighted by Gasteiger charge is 2.50. The van der Waals surface area contributed by atoms with Crippen molar-refractivity contribution in [2.45, 2.75) is 26.7 Å². The topological polar surface area (TPSA) is 64.4 Å². The zero-order valence-electron chi connectivity index (χ0n) is 11.6. The first kappa shape index (κ1) is 14.5. The number of nitriles is 1. The summed E-state index contributed by atoms with van der Waals surface area (Å²) in [5.74, 6) is 0.100. The summed E-state index contributed by atoms with van der Waals surface area (Å²) in [4.78, 5) is 26.9.